The molecule has 1 aromatic heterocycles. The molecule has 26 heavy (non-hydrogen) atoms. The first-order valence-corrected chi connectivity index (χ1v) is 9.37. The summed E-state index contributed by atoms with van der Waals surface area (Å²) in [6.07, 6.45) is 2.37. The van der Waals surface area contributed by atoms with E-state index in [1.54, 1.807) is 25.4 Å². The topological polar surface area (TPSA) is 91.0 Å². The number of nitrogens with two attached hydrogens (primary N) is 1. The highest BCUT2D eigenvalue weighted by molar-refractivity contribution is 14.0. The van der Waals surface area contributed by atoms with E-state index >= 15 is 0 Å². The number of hydrogen-bond donors (Lipinski definition) is 2. The summed E-state index contributed by atoms with van der Waals surface area (Å²) in [4.78, 5) is 32.5. The number of amides is 2. The summed E-state index contributed by atoms with van der Waals surface area (Å²) in [6, 6.07) is 4.07. The number of thiophene rings is 1. The number of hydrogen-bond acceptors (Lipinski definition) is 4. The molecule has 0 bridgehead atoms. The van der Waals surface area contributed by atoms with Crippen molar-refractivity contribution in [1.82, 2.24) is 15.1 Å². The molecular formula is C17H28IN5O2S. The lowest BCUT2D eigenvalue weighted by Gasteiger charge is -2.34. The fourth-order valence-corrected chi connectivity index (χ4v) is 3.48. The highest BCUT2D eigenvalue weighted by Gasteiger charge is 2.24. The largest absolute Gasteiger partial charge is 0.370 e. The van der Waals surface area contributed by atoms with E-state index in [1.807, 2.05) is 11.4 Å². The SMILES string of the molecule is CN(C)C(=O)CN=C(NCc1cccs1)N1CCCC(CC(N)=O)C1.I. The molecule has 1 fully saturated rings. The van der Waals surface area contributed by atoms with Gasteiger partial charge in [-0.3, -0.25) is 9.59 Å². The number of primary amides is 1. The highest BCUT2D eigenvalue weighted by Crippen LogP contribution is 2.19. The molecule has 146 valence electrons. The third-order valence-corrected chi connectivity index (χ3v) is 5.05. The number of likely N-dealkylation sites (N-methyl/N-ethyl adjacent to an activating group) is 1. The highest BCUT2D eigenvalue weighted by atomic mass is 127. The fourth-order valence-electron chi connectivity index (χ4n) is 2.84. The van der Waals surface area contributed by atoms with E-state index in [-0.39, 0.29) is 48.3 Å². The summed E-state index contributed by atoms with van der Waals surface area (Å²) >= 11 is 1.68. The van der Waals surface area contributed by atoms with Crippen molar-refractivity contribution in [3.63, 3.8) is 0 Å². The number of rotatable bonds is 6. The van der Waals surface area contributed by atoms with E-state index in [0.29, 0.717) is 13.0 Å². The molecule has 1 aliphatic rings. The standard InChI is InChI=1S/C17H27N5O2S.HI/c1-21(2)16(24)11-20-17(19-10-14-6-4-8-25-14)22-7-3-5-13(12-22)9-15(18)23;/h4,6,8,13H,3,5,7,9-12H2,1-2H3,(H2,18,23)(H,19,20);1H. The van der Waals surface area contributed by atoms with E-state index in [0.717, 1.165) is 31.9 Å². The van der Waals surface area contributed by atoms with Gasteiger partial charge in [0, 0.05) is 38.5 Å². The molecule has 0 radical (unpaired) electrons. The minimum absolute atomic E-state index is 0. The van der Waals surface area contributed by atoms with Crippen LogP contribution >= 0.6 is 35.3 Å². The molecule has 2 amide bonds. The predicted molar refractivity (Wildman–Crippen MR) is 116 cm³/mol. The van der Waals surface area contributed by atoms with E-state index < -0.39 is 0 Å². The first-order valence-electron chi connectivity index (χ1n) is 8.49. The van der Waals surface area contributed by atoms with Crippen molar-refractivity contribution >= 4 is 53.1 Å². The van der Waals surface area contributed by atoms with Gasteiger partial charge in [0.2, 0.25) is 11.8 Å². The number of aliphatic imine (C=N–C) groups is 1. The lowest BCUT2D eigenvalue weighted by Crippen LogP contribution is -2.47. The fraction of sp³-hybridized carbons (Fsp3) is 0.588. The van der Waals surface area contributed by atoms with Gasteiger partial charge in [0.25, 0.3) is 0 Å². The molecule has 0 saturated carbocycles. The molecule has 0 aromatic carbocycles. The smallest absolute Gasteiger partial charge is 0.243 e. The van der Waals surface area contributed by atoms with Gasteiger partial charge in [0.15, 0.2) is 5.96 Å². The van der Waals surface area contributed by atoms with Crippen molar-refractivity contribution in [2.75, 3.05) is 33.7 Å². The summed E-state index contributed by atoms with van der Waals surface area (Å²) in [5, 5.41) is 5.39. The minimum Gasteiger partial charge on any atom is -0.370 e. The molecule has 0 aliphatic carbocycles. The van der Waals surface area contributed by atoms with Crippen LogP contribution < -0.4 is 11.1 Å². The van der Waals surface area contributed by atoms with Gasteiger partial charge in [-0.15, -0.1) is 35.3 Å². The molecule has 7 nitrogen and oxygen atoms in total. The van der Waals surface area contributed by atoms with Crippen molar-refractivity contribution in [2.45, 2.75) is 25.8 Å². The zero-order valence-electron chi connectivity index (χ0n) is 15.3. The van der Waals surface area contributed by atoms with Crippen molar-refractivity contribution in [1.29, 1.82) is 0 Å². The van der Waals surface area contributed by atoms with Crippen LogP contribution in [0, 0.1) is 5.92 Å². The number of carbonyl (C=O) groups excluding carboxylic acids is 2. The predicted octanol–water partition coefficient (Wildman–Crippen LogP) is 1.49. The number of halogens is 1. The van der Waals surface area contributed by atoms with Gasteiger partial charge in [-0.2, -0.15) is 0 Å². The van der Waals surface area contributed by atoms with Gasteiger partial charge < -0.3 is 20.9 Å². The van der Waals surface area contributed by atoms with Crippen LogP contribution in [-0.2, 0) is 16.1 Å². The lowest BCUT2D eigenvalue weighted by molar-refractivity contribution is -0.127. The average Bonchev–Trinajstić information content (AvgIpc) is 3.07. The van der Waals surface area contributed by atoms with Gasteiger partial charge >= 0.3 is 0 Å². The summed E-state index contributed by atoms with van der Waals surface area (Å²) in [6.45, 7) is 2.37. The van der Waals surface area contributed by atoms with Crippen molar-refractivity contribution in [3.8, 4) is 0 Å². The summed E-state index contributed by atoms with van der Waals surface area (Å²) in [5.41, 5.74) is 5.35. The monoisotopic (exact) mass is 493 g/mol. The number of nitrogens with zero attached hydrogens (tertiary/aromatic N) is 3. The number of carbonyl (C=O) groups is 2. The van der Waals surface area contributed by atoms with Gasteiger partial charge in [-0.1, -0.05) is 6.07 Å². The van der Waals surface area contributed by atoms with Crippen molar-refractivity contribution in [3.05, 3.63) is 22.4 Å². The molecule has 2 heterocycles. The third-order valence-electron chi connectivity index (χ3n) is 4.17. The first-order chi connectivity index (χ1) is 12.0. The Morgan fingerprint density at radius 1 is 1.46 bits per heavy atom. The molecule has 0 spiro atoms. The van der Waals surface area contributed by atoms with Gasteiger partial charge in [0.05, 0.1) is 6.54 Å². The van der Waals surface area contributed by atoms with E-state index in [4.69, 9.17) is 5.73 Å². The quantitative estimate of drug-likeness (QED) is 0.357. The second-order valence-electron chi connectivity index (χ2n) is 6.49. The molecule has 1 aliphatic heterocycles. The van der Waals surface area contributed by atoms with E-state index in [1.165, 1.54) is 9.78 Å². The zero-order chi connectivity index (χ0) is 18.2. The number of likely N-dealkylation sites (tertiary alicyclic amines) is 1. The Kier molecular flexibility index (Phi) is 9.92. The van der Waals surface area contributed by atoms with Crippen LogP contribution in [0.3, 0.4) is 0 Å². The maximum Gasteiger partial charge on any atom is 0.243 e. The maximum absolute atomic E-state index is 11.9. The molecule has 1 aromatic rings. The first kappa shape index (κ1) is 22.7. The Balaban J connectivity index is 0.00000338. The number of guanidine groups is 1. The van der Waals surface area contributed by atoms with Crippen LogP contribution in [0.4, 0.5) is 0 Å². The Morgan fingerprint density at radius 3 is 2.85 bits per heavy atom. The van der Waals surface area contributed by atoms with E-state index in [9.17, 15) is 9.59 Å². The van der Waals surface area contributed by atoms with Gasteiger partial charge in [-0.05, 0) is 30.2 Å². The van der Waals surface area contributed by atoms with E-state index in [2.05, 4.69) is 21.3 Å². The Hall–Kier alpha value is -1.36. The minimum atomic E-state index is -0.264. The average molecular weight is 493 g/mol. The van der Waals surface area contributed by atoms with Crippen LogP contribution in [-0.4, -0.2) is 61.3 Å². The second kappa shape index (κ2) is 11.4. The number of nitrogens with one attached hydrogen (secondary N) is 1. The molecule has 9 heteroatoms. The van der Waals surface area contributed by atoms with Crippen molar-refractivity contribution in [2.24, 2.45) is 16.6 Å². The van der Waals surface area contributed by atoms with Crippen LogP contribution in [0.25, 0.3) is 0 Å². The molecule has 1 atom stereocenters. The van der Waals surface area contributed by atoms with Crippen LogP contribution in [0.1, 0.15) is 24.1 Å². The van der Waals surface area contributed by atoms with Gasteiger partial charge in [0.1, 0.15) is 6.54 Å². The molecule has 1 saturated heterocycles. The summed E-state index contributed by atoms with van der Waals surface area (Å²) in [7, 11) is 3.45. The number of piperidine rings is 1. The summed E-state index contributed by atoms with van der Waals surface area (Å²) < 4.78 is 0. The maximum atomic E-state index is 11.9. The van der Waals surface area contributed by atoms with Crippen LogP contribution in [0.15, 0.2) is 22.5 Å². The Bertz CT molecular complexity index is 606. The normalized spacial score (nSPS) is 17.4. The van der Waals surface area contributed by atoms with Crippen LogP contribution in [0.5, 0.6) is 0 Å². The third kappa shape index (κ3) is 7.48. The Labute approximate surface area is 176 Å². The lowest BCUT2D eigenvalue weighted by atomic mass is 9.95. The molecule has 1 unspecified atom stereocenters. The summed E-state index contributed by atoms with van der Waals surface area (Å²) in [5.74, 6) is 0.656. The molecule has 2 rings (SSSR count). The second-order valence-corrected chi connectivity index (χ2v) is 7.52. The molecule has 3 N–H and O–H groups in total. The van der Waals surface area contributed by atoms with Gasteiger partial charge in [-0.25, -0.2) is 4.99 Å². The van der Waals surface area contributed by atoms with Crippen LogP contribution in [0.2, 0.25) is 0 Å². The molecular weight excluding hydrogens is 465 g/mol. The zero-order valence-corrected chi connectivity index (χ0v) is 18.5. The Morgan fingerprint density at radius 2 is 2.23 bits per heavy atom. The van der Waals surface area contributed by atoms with Crippen molar-refractivity contribution < 1.29 is 9.59 Å².